The summed E-state index contributed by atoms with van der Waals surface area (Å²) < 4.78 is 19.1. The minimum atomic E-state index is -0.330. The highest BCUT2D eigenvalue weighted by Gasteiger charge is 2.48. The summed E-state index contributed by atoms with van der Waals surface area (Å²) in [5.74, 6) is 0.00324. The molecule has 1 unspecified atom stereocenters. The van der Waals surface area contributed by atoms with E-state index in [4.69, 9.17) is 4.74 Å². The summed E-state index contributed by atoms with van der Waals surface area (Å²) in [4.78, 5) is 18.6. The van der Waals surface area contributed by atoms with Gasteiger partial charge in [0.05, 0.1) is 5.92 Å². The van der Waals surface area contributed by atoms with Gasteiger partial charge in [-0.05, 0) is 47.7 Å². The molecule has 1 atom stereocenters. The highest BCUT2D eigenvalue weighted by molar-refractivity contribution is 5.84. The van der Waals surface area contributed by atoms with Crippen LogP contribution in [0.1, 0.15) is 55.8 Å². The highest BCUT2D eigenvalue weighted by atomic mass is 19.1. The predicted octanol–water partition coefficient (Wildman–Crippen LogP) is 5.57. The molecule has 1 N–H and O–H groups in total. The number of likely N-dealkylation sites (tertiary alicyclic amines) is 1. The summed E-state index contributed by atoms with van der Waals surface area (Å²) in [5, 5.41) is 1.31. The number of H-pyrrole nitrogens is 1. The molecule has 0 radical (unpaired) electrons. The molecule has 5 heteroatoms. The van der Waals surface area contributed by atoms with E-state index in [0.717, 1.165) is 44.5 Å². The largest absolute Gasteiger partial charge is 0.459 e. The molecule has 3 aromatic rings. The van der Waals surface area contributed by atoms with Crippen molar-refractivity contribution in [2.45, 2.75) is 57.6 Å². The van der Waals surface area contributed by atoms with E-state index < -0.39 is 0 Å². The Labute approximate surface area is 188 Å². The molecular weight excluding hydrogens is 403 g/mol. The second kappa shape index (κ2) is 8.36. The second-order valence-electron chi connectivity index (χ2n) is 9.87. The maximum Gasteiger partial charge on any atom is 0.309 e. The molecule has 1 spiro atoms. The third kappa shape index (κ3) is 4.18. The smallest absolute Gasteiger partial charge is 0.309 e. The number of carbonyl (C=O) groups is 1. The maximum absolute atomic E-state index is 13.2. The Hall–Kier alpha value is -2.66. The van der Waals surface area contributed by atoms with Crippen LogP contribution in [0.4, 0.5) is 4.39 Å². The van der Waals surface area contributed by atoms with E-state index >= 15 is 0 Å². The van der Waals surface area contributed by atoms with Gasteiger partial charge in [-0.15, -0.1) is 0 Å². The summed E-state index contributed by atoms with van der Waals surface area (Å²) >= 11 is 0. The number of hydrogen-bond donors (Lipinski definition) is 1. The van der Waals surface area contributed by atoms with E-state index in [1.807, 2.05) is 0 Å². The van der Waals surface area contributed by atoms with Crippen LogP contribution in [0.5, 0.6) is 0 Å². The van der Waals surface area contributed by atoms with Gasteiger partial charge in [-0.1, -0.05) is 38.1 Å². The van der Waals surface area contributed by atoms with Gasteiger partial charge in [-0.3, -0.25) is 9.69 Å². The van der Waals surface area contributed by atoms with Crippen LogP contribution in [0, 0.1) is 11.7 Å². The monoisotopic (exact) mass is 434 g/mol. The molecule has 4 nitrogen and oxygen atoms in total. The fourth-order valence-electron chi connectivity index (χ4n) is 5.29. The molecule has 0 saturated carbocycles. The van der Waals surface area contributed by atoms with Crippen molar-refractivity contribution in [3.63, 3.8) is 0 Å². The number of ether oxygens (including phenoxy) is 1. The third-order valence-electron chi connectivity index (χ3n) is 7.22. The van der Waals surface area contributed by atoms with Crippen molar-refractivity contribution in [2.24, 2.45) is 5.92 Å². The number of aromatic amines is 1. The maximum atomic E-state index is 13.2. The summed E-state index contributed by atoms with van der Waals surface area (Å²) in [6.07, 6.45) is 3.14. The molecule has 5 rings (SSSR count). The fraction of sp³-hybridized carbons (Fsp3) is 0.444. The topological polar surface area (TPSA) is 45.3 Å². The van der Waals surface area contributed by atoms with E-state index in [1.165, 1.54) is 34.3 Å². The first-order valence-corrected chi connectivity index (χ1v) is 11.7. The van der Waals surface area contributed by atoms with Crippen LogP contribution >= 0.6 is 0 Å². The van der Waals surface area contributed by atoms with Crippen LogP contribution in [0.15, 0.2) is 48.5 Å². The molecule has 2 saturated heterocycles. The van der Waals surface area contributed by atoms with Gasteiger partial charge in [0.1, 0.15) is 11.4 Å². The molecule has 0 bridgehead atoms. The first-order valence-electron chi connectivity index (χ1n) is 11.7. The van der Waals surface area contributed by atoms with Crippen molar-refractivity contribution in [3.8, 4) is 0 Å². The van der Waals surface area contributed by atoms with E-state index in [-0.39, 0.29) is 23.3 Å². The van der Waals surface area contributed by atoms with Gasteiger partial charge in [0.15, 0.2) is 0 Å². The van der Waals surface area contributed by atoms with Crippen LogP contribution < -0.4 is 0 Å². The number of carbonyl (C=O) groups excluding carboxylic acids is 1. The Bertz CT molecular complexity index is 1110. The Morgan fingerprint density at radius 3 is 2.62 bits per heavy atom. The van der Waals surface area contributed by atoms with Crippen molar-refractivity contribution < 1.29 is 13.9 Å². The Balaban J connectivity index is 1.22. The lowest BCUT2D eigenvalue weighted by molar-refractivity contribution is -0.153. The number of benzene rings is 2. The number of aromatic nitrogens is 1. The Morgan fingerprint density at radius 1 is 1.16 bits per heavy atom. The van der Waals surface area contributed by atoms with E-state index in [0.29, 0.717) is 12.3 Å². The van der Waals surface area contributed by atoms with E-state index in [9.17, 15) is 9.18 Å². The highest BCUT2D eigenvalue weighted by Crippen LogP contribution is 2.41. The molecule has 1 aromatic heterocycles. The molecule has 2 fully saturated rings. The number of hydrogen-bond acceptors (Lipinski definition) is 3. The van der Waals surface area contributed by atoms with Crippen LogP contribution in [0.3, 0.4) is 0 Å². The minimum absolute atomic E-state index is 0.0962. The first-order chi connectivity index (χ1) is 15.4. The average molecular weight is 435 g/mol. The molecule has 0 amide bonds. The predicted molar refractivity (Wildman–Crippen MR) is 124 cm³/mol. The van der Waals surface area contributed by atoms with Gasteiger partial charge in [0, 0.05) is 55.5 Å². The summed E-state index contributed by atoms with van der Waals surface area (Å²) in [7, 11) is 0. The van der Waals surface area contributed by atoms with Crippen molar-refractivity contribution in [1.82, 2.24) is 9.88 Å². The number of nitrogens with zero attached hydrogens (tertiary/aromatic N) is 1. The zero-order valence-corrected chi connectivity index (χ0v) is 18.9. The molecule has 2 aliphatic heterocycles. The van der Waals surface area contributed by atoms with Gasteiger partial charge >= 0.3 is 5.97 Å². The third-order valence-corrected chi connectivity index (χ3v) is 7.22. The zero-order valence-electron chi connectivity index (χ0n) is 18.9. The number of nitrogens with one attached hydrogen (secondary N) is 1. The summed E-state index contributed by atoms with van der Waals surface area (Å²) in [6.45, 7) is 7.18. The number of rotatable bonds is 5. The van der Waals surface area contributed by atoms with Crippen molar-refractivity contribution in [3.05, 3.63) is 71.2 Å². The van der Waals surface area contributed by atoms with Crippen molar-refractivity contribution in [1.29, 1.82) is 0 Å². The summed E-state index contributed by atoms with van der Waals surface area (Å²) in [5.41, 5.74) is 4.48. The quantitative estimate of drug-likeness (QED) is 0.534. The van der Waals surface area contributed by atoms with Gasteiger partial charge in [-0.2, -0.15) is 0 Å². The number of piperidine rings is 1. The lowest BCUT2D eigenvalue weighted by Gasteiger charge is -2.38. The van der Waals surface area contributed by atoms with Gasteiger partial charge < -0.3 is 9.72 Å². The lowest BCUT2D eigenvalue weighted by Crippen LogP contribution is -2.44. The molecular formula is C27H31FN2O2. The lowest BCUT2D eigenvalue weighted by atomic mass is 9.83. The minimum Gasteiger partial charge on any atom is -0.459 e. The van der Waals surface area contributed by atoms with Gasteiger partial charge in [-0.25, -0.2) is 4.39 Å². The Kier molecular flexibility index (Phi) is 5.54. The van der Waals surface area contributed by atoms with Crippen LogP contribution in [-0.2, 0) is 22.5 Å². The molecule has 2 aromatic carbocycles. The number of esters is 1. The first kappa shape index (κ1) is 21.2. The summed E-state index contributed by atoms with van der Waals surface area (Å²) in [6, 6.07) is 15.2. The zero-order chi connectivity index (χ0) is 22.3. The van der Waals surface area contributed by atoms with Crippen molar-refractivity contribution in [2.75, 3.05) is 13.1 Å². The number of fused-ring (bicyclic) bond motifs is 1. The van der Waals surface area contributed by atoms with Gasteiger partial charge in [0.25, 0.3) is 0 Å². The van der Waals surface area contributed by atoms with Crippen molar-refractivity contribution >= 4 is 16.9 Å². The molecule has 0 aliphatic carbocycles. The normalized spacial score (nSPS) is 21.0. The average Bonchev–Trinajstić information content (AvgIpc) is 3.34. The molecule has 2 aliphatic rings. The standard InChI is InChI=1S/C27H31FN2O2/c1-18(2)25-15-23-20(4-3-5-24(23)29-25)17-30-12-10-27(11-13-30)16-21(26(31)32-27)14-19-6-8-22(28)9-7-19/h3-9,15,18,21,29H,10-14,16-17H2,1-2H3. The number of halogens is 1. The van der Waals surface area contributed by atoms with E-state index in [1.54, 1.807) is 12.1 Å². The fourth-order valence-corrected chi connectivity index (χ4v) is 5.29. The molecule has 168 valence electrons. The van der Waals surface area contributed by atoms with Gasteiger partial charge in [0.2, 0.25) is 0 Å². The second-order valence-corrected chi connectivity index (χ2v) is 9.87. The van der Waals surface area contributed by atoms with E-state index in [2.05, 4.69) is 48.0 Å². The molecule has 3 heterocycles. The molecule has 32 heavy (non-hydrogen) atoms. The Morgan fingerprint density at radius 2 is 1.91 bits per heavy atom. The van der Waals surface area contributed by atoms with Crippen LogP contribution in [0.25, 0.3) is 10.9 Å². The SMILES string of the molecule is CC(C)c1cc2c(CN3CCC4(CC3)CC(Cc3ccc(F)cc3)C(=O)O4)cccc2[nH]1. The van der Waals surface area contributed by atoms with Crippen LogP contribution in [0.2, 0.25) is 0 Å². The van der Waals surface area contributed by atoms with Crippen LogP contribution in [-0.4, -0.2) is 34.5 Å².